The van der Waals surface area contributed by atoms with Crippen LogP contribution in [0.5, 0.6) is 0 Å². The van der Waals surface area contributed by atoms with Gasteiger partial charge in [-0.05, 0) is 43.5 Å². The van der Waals surface area contributed by atoms with E-state index in [-0.39, 0.29) is 5.65 Å². The molecule has 0 unspecified atom stereocenters. The lowest BCUT2D eigenvalue weighted by Gasteiger charge is -2.08. The van der Waals surface area contributed by atoms with Crippen molar-refractivity contribution in [2.75, 3.05) is 0 Å². The maximum atomic E-state index is 12.4. The Kier molecular flexibility index (Phi) is 4.51. The lowest BCUT2D eigenvalue weighted by molar-refractivity contribution is 0.702. The number of aromatic nitrogens is 4. The minimum atomic E-state index is -0.436. The van der Waals surface area contributed by atoms with E-state index >= 15 is 0 Å². The number of fused-ring (bicyclic) bond motifs is 1. The van der Waals surface area contributed by atoms with Crippen LogP contribution in [0.3, 0.4) is 0 Å². The van der Waals surface area contributed by atoms with Crippen LogP contribution in [0.15, 0.2) is 46.0 Å². The van der Waals surface area contributed by atoms with Crippen molar-refractivity contribution in [3.8, 4) is 0 Å². The van der Waals surface area contributed by atoms with Crippen molar-refractivity contribution in [3.05, 3.63) is 68.5 Å². The molecule has 24 heavy (non-hydrogen) atoms. The van der Waals surface area contributed by atoms with Gasteiger partial charge >= 0.3 is 5.69 Å². The highest BCUT2D eigenvalue weighted by Crippen LogP contribution is 2.34. The van der Waals surface area contributed by atoms with Gasteiger partial charge in [-0.1, -0.05) is 30.3 Å². The summed E-state index contributed by atoms with van der Waals surface area (Å²) in [6.07, 6.45) is 0. The second-order valence-electron chi connectivity index (χ2n) is 5.17. The highest BCUT2D eigenvalue weighted by Gasteiger charge is 2.14. The topological polar surface area (TPSA) is 69.8 Å². The van der Waals surface area contributed by atoms with E-state index in [0.29, 0.717) is 15.6 Å². The normalized spacial score (nSPS) is 12.3. The van der Waals surface area contributed by atoms with Crippen molar-refractivity contribution in [2.24, 2.45) is 14.1 Å². The minimum Gasteiger partial charge on any atom is -0.279 e. The minimum absolute atomic E-state index is 0.253. The van der Waals surface area contributed by atoms with E-state index in [2.05, 4.69) is 42.1 Å². The van der Waals surface area contributed by atoms with Crippen molar-refractivity contribution < 1.29 is 0 Å². The predicted octanol–water partition coefficient (Wildman–Crippen LogP) is 2.64. The van der Waals surface area contributed by atoms with Crippen molar-refractivity contribution >= 4 is 51.9 Å². The molecular weight excluding hydrogens is 440 g/mol. The Bertz CT molecular complexity index is 1080. The molecule has 0 aliphatic carbocycles. The number of aryl methyl sites for hydroxylation is 1. The third-order valence-corrected chi connectivity index (χ3v) is 5.83. The zero-order valence-corrected chi connectivity index (χ0v) is 16.0. The Hall–Kier alpha value is -2.06. The molecule has 0 aliphatic rings. The van der Waals surface area contributed by atoms with E-state index in [0.717, 1.165) is 14.6 Å². The van der Waals surface area contributed by atoms with E-state index in [1.807, 2.05) is 30.3 Å². The maximum absolute atomic E-state index is 12.4. The number of hydrogen-bond acceptors (Lipinski definition) is 4. The summed E-state index contributed by atoms with van der Waals surface area (Å²) in [6, 6.07) is 11.3. The predicted molar refractivity (Wildman–Crippen MR) is 101 cm³/mol. The molecule has 0 atom stereocenters. The maximum Gasteiger partial charge on any atom is 0.332 e. The van der Waals surface area contributed by atoms with Crippen molar-refractivity contribution in [1.82, 2.24) is 19.3 Å². The molecule has 122 valence electrons. The fraction of sp³-hybridized carbons (Fsp3) is 0.125. The molecule has 0 fully saturated rings. The summed E-state index contributed by atoms with van der Waals surface area (Å²) in [5, 5.41) is 8.52. The summed E-state index contributed by atoms with van der Waals surface area (Å²) in [5.41, 5.74) is 0.867. The fourth-order valence-corrected chi connectivity index (χ4v) is 3.19. The molecule has 2 heterocycles. The molecule has 0 aliphatic heterocycles. The largest absolute Gasteiger partial charge is 0.332 e. The SMILES string of the molecule is Cn1c(=O)c2cc(/C(Br)=C(\Br)c3ccccc3)nnc2n(C)c1=O. The summed E-state index contributed by atoms with van der Waals surface area (Å²) in [6.45, 7) is 0. The monoisotopic (exact) mass is 450 g/mol. The molecule has 8 heteroatoms. The highest BCUT2D eigenvalue weighted by molar-refractivity contribution is 9.18. The second-order valence-corrected chi connectivity index (χ2v) is 6.75. The molecule has 0 saturated carbocycles. The van der Waals surface area contributed by atoms with Crippen LogP contribution in [0.4, 0.5) is 0 Å². The molecule has 6 nitrogen and oxygen atoms in total. The van der Waals surface area contributed by atoms with Crippen LogP contribution in [-0.4, -0.2) is 19.3 Å². The second kappa shape index (κ2) is 6.45. The number of nitrogens with zero attached hydrogens (tertiary/aromatic N) is 4. The van der Waals surface area contributed by atoms with Crippen molar-refractivity contribution in [1.29, 1.82) is 0 Å². The average molecular weight is 452 g/mol. The first-order valence-corrected chi connectivity index (χ1v) is 8.55. The average Bonchev–Trinajstić information content (AvgIpc) is 2.63. The van der Waals surface area contributed by atoms with E-state index in [1.165, 1.54) is 11.6 Å². The summed E-state index contributed by atoms with van der Waals surface area (Å²) in [7, 11) is 3.00. The highest BCUT2D eigenvalue weighted by atomic mass is 79.9. The number of hydrogen-bond donors (Lipinski definition) is 0. The molecule has 3 aromatic rings. The molecule has 0 amide bonds. The summed E-state index contributed by atoms with van der Waals surface area (Å²) >= 11 is 7.04. The van der Waals surface area contributed by atoms with Gasteiger partial charge in [-0.2, -0.15) is 0 Å². The van der Waals surface area contributed by atoms with Crippen LogP contribution in [0.1, 0.15) is 11.3 Å². The van der Waals surface area contributed by atoms with Crippen LogP contribution >= 0.6 is 31.9 Å². The van der Waals surface area contributed by atoms with E-state index in [9.17, 15) is 9.59 Å². The van der Waals surface area contributed by atoms with E-state index in [4.69, 9.17) is 0 Å². The fourth-order valence-electron chi connectivity index (χ4n) is 2.30. The van der Waals surface area contributed by atoms with Gasteiger partial charge in [0.1, 0.15) is 5.69 Å². The first-order valence-electron chi connectivity index (χ1n) is 6.96. The van der Waals surface area contributed by atoms with Crippen LogP contribution in [-0.2, 0) is 14.1 Å². The van der Waals surface area contributed by atoms with E-state index in [1.54, 1.807) is 13.1 Å². The quantitative estimate of drug-likeness (QED) is 0.600. The Morgan fingerprint density at radius 1 is 0.958 bits per heavy atom. The standard InChI is InChI=1S/C16H12Br2N4O2/c1-21-14-10(15(23)22(2)16(21)24)8-11(19-20-14)13(18)12(17)9-6-4-3-5-7-9/h3-8H,1-2H3/b13-12+. The van der Waals surface area contributed by atoms with Crippen molar-refractivity contribution in [3.63, 3.8) is 0 Å². The van der Waals surface area contributed by atoms with Gasteiger partial charge in [0.2, 0.25) is 0 Å². The summed E-state index contributed by atoms with van der Waals surface area (Å²) in [4.78, 5) is 24.3. The molecule has 0 spiro atoms. The van der Waals surface area contributed by atoms with Gasteiger partial charge in [-0.3, -0.25) is 13.9 Å². The Morgan fingerprint density at radius 2 is 1.62 bits per heavy atom. The molecular formula is C16H12Br2N4O2. The van der Waals surface area contributed by atoms with Crippen LogP contribution in [0.25, 0.3) is 20.0 Å². The summed E-state index contributed by atoms with van der Waals surface area (Å²) in [5.74, 6) is 0. The van der Waals surface area contributed by atoms with Gasteiger partial charge in [0.15, 0.2) is 5.65 Å². The van der Waals surface area contributed by atoms with Gasteiger partial charge in [-0.15, -0.1) is 10.2 Å². The van der Waals surface area contributed by atoms with Crippen molar-refractivity contribution in [2.45, 2.75) is 0 Å². The smallest absolute Gasteiger partial charge is 0.279 e. The Morgan fingerprint density at radius 3 is 2.29 bits per heavy atom. The first kappa shape index (κ1) is 16.8. The van der Waals surface area contributed by atoms with Gasteiger partial charge < -0.3 is 0 Å². The van der Waals surface area contributed by atoms with Gasteiger partial charge in [0.05, 0.1) is 9.87 Å². The zero-order valence-electron chi connectivity index (χ0n) is 12.8. The van der Waals surface area contributed by atoms with Crippen LogP contribution in [0, 0.1) is 0 Å². The number of halogens is 2. The molecule has 2 aromatic heterocycles. The molecule has 0 saturated heterocycles. The zero-order chi connectivity index (χ0) is 17.4. The van der Waals surface area contributed by atoms with E-state index < -0.39 is 11.2 Å². The number of benzene rings is 1. The third kappa shape index (κ3) is 2.76. The van der Waals surface area contributed by atoms with Gasteiger partial charge in [-0.25, -0.2) is 4.79 Å². The first-order chi connectivity index (χ1) is 11.4. The van der Waals surface area contributed by atoms with Crippen LogP contribution < -0.4 is 11.2 Å². The number of rotatable bonds is 2. The lowest BCUT2D eigenvalue weighted by Crippen LogP contribution is -2.37. The molecule has 0 bridgehead atoms. The molecule has 0 N–H and O–H groups in total. The Labute approximate surface area is 153 Å². The lowest BCUT2D eigenvalue weighted by atomic mass is 10.2. The van der Waals surface area contributed by atoms with Crippen LogP contribution in [0.2, 0.25) is 0 Å². The molecule has 0 radical (unpaired) electrons. The summed E-state index contributed by atoms with van der Waals surface area (Å²) < 4.78 is 3.81. The third-order valence-electron chi connectivity index (χ3n) is 3.65. The Balaban J connectivity index is 2.26. The molecule has 3 rings (SSSR count). The van der Waals surface area contributed by atoms with Gasteiger partial charge in [0.25, 0.3) is 5.56 Å². The van der Waals surface area contributed by atoms with Gasteiger partial charge in [0, 0.05) is 18.6 Å². The molecule has 1 aromatic carbocycles.